The summed E-state index contributed by atoms with van der Waals surface area (Å²) in [6, 6.07) is -1.58. The molecule has 1 amide bonds. The van der Waals surface area contributed by atoms with Gasteiger partial charge in [-0.2, -0.15) is 13.2 Å². The van der Waals surface area contributed by atoms with Crippen molar-refractivity contribution in [2.24, 2.45) is 11.8 Å². The van der Waals surface area contributed by atoms with E-state index in [0.29, 0.717) is 32.1 Å². The van der Waals surface area contributed by atoms with Gasteiger partial charge in [-0.15, -0.1) is 0 Å². The summed E-state index contributed by atoms with van der Waals surface area (Å²) in [6.45, 7) is 3.27. The lowest BCUT2D eigenvalue weighted by atomic mass is 10.1. The van der Waals surface area contributed by atoms with Gasteiger partial charge in [0.15, 0.2) is 0 Å². The van der Waals surface area contributed by atoms with Crippen molar-refractivity contribution in [3.63, 3.8) is 0 Å². The monoisotopic (exact) mass is 293 g/mol. The lowest BCUT2D eigenvalue weighted by Gasteiger charge is -2.36. The summed E-state index contributed by atoms with van der Waals surface area (Å²) in [5.74, 6) is -0.0673. The van der Waals surface area contributed by atoms with Crippen molar-refractivity contribution in [2.75, 3.05) is 32.7 Å². The highest BCUT2D eigenvalue weighted by molar-refractivity contribution is 5.78. The van der Waals surface area contributed by atoms with Gasteiger partial charge in [0, 0.05) is 38.6 Å². The number of carbonyl (C=O) groups excluding carboxylic acids is 1. The van der Waals surface area contributed by atoms with E-state index in [1.807, 2.05) is 0 Å². The van der Waals surface area contributed by atoms with Crippen molar-refractivity contribution in [3.8, 4) is 0 Å². The van der Waals surface area contributed by atoms with Gasteiger partial charge < -0.3 is 10.6 Å². The number of piperazine rings is 1. The number of hydrogen-bond donors (Lipinski definition) is 2. The molecule has 0 radical (unpaired) electrons. The smallest absolute Gasteiger partial charge is 0.354 e. The van der Waals surface area contributed by atoms with Gasteiger partial charge in [-0.1, -0.05) is 6.92 Å². The molecule has 20 heavy (non-hydrogen) atoms. The van der Waals surface area contributed by atoms with Crippen LogP contribution in [-0.2, 0) is 4.79 Å². The summed E-state index contributed by atoms with van der Waals surface area (Å²) in [4.78, 5) is 13.2. The Bertz CT molecular complexity index is 338. The molecule has 1 saturated carbocycles. The van der Waals surface area contributed by atoms with E-state index in [1.54, 1.807) is 6.92 Å². The predicted octanol–water partition coefficient (Wildman–Crippen LogP) is 0.985. The summed E-state index contributed by atoms with van der Waals surface area (Å²) in [7, 11) is 0. The molecular formula is C13H22F3N3O. The molecule has 1 aliphatic heterocycles. The van der Waals surface area contributed by atoms with Crippen molar-refractivity contribution in [1.29, 1.82) is 0 Å². The number of amides is 1. The van der Waals surface area contributed by atoms with Crippen molar-refractivity contribution >= 4 is 5.91 Å². The summed E-state index contributed by atoms with van der Waals surface area (Å²) in [5.41, 5.74) is 0. The third kappa shape index (κ3) is 4.09. The minimum atomic E-state index is -4.31. The molecule has 7 heteroatoms. The molecule has 0 aromatic carbocycles. The molecule has 0 aromatic heterocycles. The maximum absolute atomic E-state index is 13.1. The van der Waals surface area contributed by atoms with Gasteiger partial charge in [0.05, 0.1) is 0 Å². The Morgan fingerprint density at radius 2 is 1.95 bits per heavy atom. The van der Waals surface area contributed by atoms with Gasteiger partial charge in [-0.25, -0.2) is 0 Å². The molecule has 1 saturated heterocycles. The van der Waals surface area contributed by atoms with E-state index in [9.17, 15) is 18.0 Å². The topological polar surface area (TPSA) is 44.4 Å². The van der Waals surface area contributed by atoms with E-state index < -0.39 is 12.2 Å². The fraction of sp³-hybridized carbons (Fsp3) is 0.923. The number of alkyl halides is 3. The average molecular weight is 293 g/mol. The number of nitrogens with one attached hydrogen (secondary N) is 2. The van der Waals surface area contributed by atoms with Crippen LogP contribution in [-0.4, -0.2) is 55.7 Å². The first-order valence-corrected chi connectivity index (χ1v) is 7.19. The lowest BCUT2D eigenvalue weighted by molar-refractivity contribution is -0.184. The molecule has 2 aliphatic rings. The highest BCUT2D eigenvalue weighted by Crippen LogP contribution is 2.36. The number of halogens is 3. The first kappa shape index (κ1) is 15.6. The van der Waals surface area contributed by atoms with Crippen LogP contribution in [0.5, 0.6) is 0 Å². The zero-order chi connectivity index (χ0) is 14.8. The lowest BCUT2D eigenvalue weighted by Crippen LogP contribution is -2.57. The van der Waals surface area contributed by atoms with Crippen molar-refractivity contribution in [1.82, 2.24) is 15.5 Å². The van der Waals surface area contributed by atoms with E-state index >= 15 is 0 Å². The van der Waals surface area contributed by atoms with Crippen molar-refractivity contribution < 1.29 is 18.0 Å². The van der Waals surface area contributed by atoms with Crippen LogP contribution in [0.4, 0.5) is 13.2 Å². The van der Waals surface area contributed by atoms with Gasteiger partial charge in [-0.3, -0.25) is 9.69 Å². The second-order valence-corrected chi connectivity index (χ2v) is 5.71. The molecule has 2 fully saturated rings. The second-order valence-electron chi connectivity index (χ2n) is 5.71. The van der Waals surface area contributed by atoms with Gasteiger partial charge in [0.2, 0.25) is 5.91 Å². The van der Waals surface area contributed by atoms with Crippen molar-refractivity contribution in [3.05, 3.63) is 0 Å². The minimum Gasteiger partial charge on any atom is -0.354 e. The minimum absolute atomic E-state index is 0.174. The van der Waals surface area contributed by atoms with E-state index in [4.69, 9.17) is 0 Å². The van der Waals surface area contributed by atoms with Crippen LogP contribution < -0.4 is 10.6 Å². The molecule has 116 valence electrons. The van der Waals surface area contributed by atoms with E-state index in [0.717, 1.165) is 12.8 Å². The Balaban J connectivity index is 1.88. The molecule has 2 rings (SSSR count). The molecule has 1 heterocycles. The summed E-state index contributed by atoms with van der Waals surface area (Å²) in [5, 5.41) is 5.52. The zero-order valence-corrected chi connectivity index (χ0v) is 11.7. The van der Waals surface area contributed by atoms with Crippen LogP contribution in [0.2, 0.25) is 0 Å². The largest absolute Gasteiger partial charge is 0.405 e. The number of nitrogens with zero attached hydrogens (tertiary/aromatic N) is 1. The molecular weight excluding hydrogens is 271 g/mol. The normalized spacial score (nSPS) is 24.2. The van der Waals surface area contributed by atoms with Crippen LogP contribution >= 0.6 is 0 Å². The fourth-order valence-electron chi connectivity index (χ4n) is 2.61. The SMILES string of the molecule is CC(C(=O)NCC(N1CCNCC1)C(F)(F)F)C1CC1. The molecule has 0 spiro atoms. The number of rotatable bonds is 5. The van der Waals surface area contributed by atoms with E-state index in [-0.39, 0.29) is 18.4 Å². The number of hydrogen-bond acceptors (Lipinski definition) is 3. The molecule has 2 unspecified atom stereocenters. The van der Waals surface area contributed by atoms with Crippen LogP contribution in [0.25, 0.3) is 0 Å². The van der Waals surface area contributed by atoms with Gasteiger partial charge in [-0.05, 0) is 18.8 Å². The standard InChI is InChI=1S/C13H22F3N3O/c1-9(10-2-3-10)12(20)18-8-11(13(14,15)16)19-6-4-17-5-7-19/h9-11,17H,2-8H2,1H3,(H,18,20). The first-order valence-electron chi connectivity index (χ1n) is 7.19. The quantitative estimate of drug-likeness (QED) is 0.794. The van der Waals surface area contributed by atoms with Crippen LogP contribution in [0, 0.1) is 11.8 Å². The number of carbonyl (C=O) groups is 1. The van der Waals surface area contributed by atoms with Gasteiger partial charge in [0.1, 0.15) is 6.04 Å². The highest BCUT2D eigenvalue weighted by Gasteiger charge is 2.44. The Labute approximate surface area is 117 Å². The van der Waals surface area contributed by atoms with Crippen LogP contribution in [0.3, 0.4) is 0 Å². The Hall–Kier alpha value is -0.820. The average Bonchev–Trinajstić information content (AvgIpc) is 3.22. The van der Waals surface area contributed by atoms with Crippen molar-refractivity contribution in [2.45, 2.75) is 32.0 Å². The summed E-state index contributed by atoms with van der Waals surface area (Å²) >= 11 is 0. The first-order chi connectivity index (χ1) is 9.39. The van der Waals surface area contributed by atoms with Gasteiger partial charge >= 0.3 is 6.18 Å². The maximum Gasteiger partial charge on any atom is 0.405 e. The van der Waals surface area contributed by atoms with Crippen LogP contribution in [0.15, 0.2) is 0 Å². The fourth-order valence-corrected chi connectivity index (χ4v) is 2.61. The Morgan fingerprint density at radius 3 is 2.45 bits per heavy atom. The van der Waals surface area contributed by atoms with E-state index in [2.05, 4.69) is 10.6 Å². The van der Waals surface area contributed by atoms with Crippen LogP contribution in [0.1, 0.15) is 19.8 Å². The maximum atomic E-state index is 13.1. The second kappa shape index (κ2) is 6.30. The third-order valence-electron chi connectivity index (χ3n) is 4.18. The highest BCUT2D eigenvalue weighted by atomic mass is 19.4. The molecule has 1 aliphatic carbocycles. The summed E-state index contributed by atoms with van der Waals surface area (Å²) in [6.07, 6.45) is -2.29. The summed E-state index contributed by atoms with van der Waals surface area (Å²) < 4.78 is 39.3. The molecule has 0 aromatic rings. The zero-order valence-electron chi connectivity index (χ0n) is 11.7. The Morgan fingerprint density at radius 1 is 1.35 bits per heavy atom. The predicted molar refractivity (Wildman–Crippen MR) is 69.2 cm³/mol. The molecule has 2 N–H and O–H groups in total. The molecule has 4 nitrogen and oxygen atoms in total. The molecule has 0 bridgehead atoms. The third-order valence-corrected chi connectivity index (χ3v) is 4.18. The Kier molecular flexibility index (Phi) is 4.90. The van der Waals surface area contributed by atoms with E-state index in [1.165, 1.54) is 4.90 Å². The van der Waals surface area contributed by atoms with Gasteiger partial charge in [0.25, 0.3) is 0 Å². The molecule has 2 atom stereocenters.